The number of hydrogen-bond donors (Lipinski definition) is 1. The summed E-state index contributed by atoms with van der Waals surface area (Å²) in [6, 6.07) is 11.9. The molecule has 0 bridgehead atoms. The fraction of sp³-hybridized carbons (Fsp3) is 0.714. The third-order valence-corrected chi connectivity index (χ3v) is 6.85. The van der Waals surface area contributed by atoms with Crippen LogP contribution in [0, 0.1) is 0 Å². The Morgan fingerprint density at radius 2 is 1.42 bits per heavy atom. The number of rotatable bonds is 7. The lowest BCUT2D eigenvalue weighted by Gasteiger charge is -2.42. The van der Waals surface area contributed by atoms with Crippen molar-refractivity contribution in [1.29, 1.82) is 0 Å². The van der Waals surface area contributed by atoms with E-state index in [0.29, 0.717) is 0 Å². The molecular formula is C21H33NOS. The van der Waals surface area contributed by atoms with Crippen LogP contribution in [0.5, 0.6) is 0 Å². The van der Waals surface area contributed by atoms with Crippen LogP contribution in [0.2, 0.25) is 0 Å². The van der Waals surface area contributed by atoms with Crippen molar-refractivity contribution in [1.82, 2.24) is 4.90 Å². The topological polar surface area (TPSA) is 23.5 Å². The SMILES string of the molecule is OC(CSc1ccccc1)CN(C1CCCCC1)C1CCCCC1. The second-order valence-electron chi connectivity index (χ2n) is 7.56. The van der Waals surface area contributed by atoms with Gasteiger partial charge in [-0.15, -0.1) is 11.8 Å². The number of nitrogens with zero attached hydrogens (tertiary/aromatic N) is 1. The highest BCUT2D eigenvalue weighted by atomic mass is 32.2. The van der Waals surface area contributed by atoms with Crippen molar-refractivity contribution >= 4 is 11.8 Å². The van der Waals surface area contributed by atoms with E-state index in [1.165, 1.54) is 69.1 Å². The molecule has 2 nitrogen and oxygen atoms in total. The quantitative estimate of drug-likeness (QED) is 0.694. The summed E-state index contributed by atoms with van der Waals surface area (Å²) in [7, 11) is 0. The molecular weight excluding hydrogens is 314 g/mol. The number of thioether (sulfide) groups is 1. The molecule has 0 heterocycles. The van der Waals surface area contributed by atoms with Crippen LogP contribution < -0.4 is 0 Å². The van der Waals surface area contributed by atoms with Crippen molar-refractivity contribution in [3.8, 4) is 0 Å². The first-order chi connectivity index (χ1) is 11.8. The first-order valence-electron chi connectivity index (χ1n) is 9.94. The van der Waals surface area contributed by atoms with Crippen molar-refractivity contribution in [2.24, 2.45) is 0 Å². The van der Waals surface area contributed by atoms with Crippen LogP contribution in [-0.4, -0.2) is 40.5 Å². The highest BCUT2D eigenvalue weighted by Crippen LogP contribution is 2.30. The van der Waals surface area contributed by atoms with E-state index in [0.717, 1.165) is 24.4 Å². The number of benzene rings is 1. The Morgan fingerprint density at radius 1 is 0.875 bits per heavy atom. The van der Waals surface area contributed by atoms with Crippen LogP contribution in [0.1, 0.15) is 64.2 Å². The maximum absolute atomic E-state index is 10.7. The Labute approximate surface area is 152 Å². The smallest absolute Gasteiger partial charge is 0.0761 e. The average molecular weight is 348 g/mol. The summed E-state index contributed by atoms with van der Waals surface area (Å²) in [5.74, 6) is 0.806. The lowest BCUT2D eigenvalue weighted by Crippen LogP contribution is -2.48. The van der Waals surface area contributed by atoms with Gasteiger partial charge in [-0.1, -0.05) is 56.7 Å². The molecule has 2 aliphatic rings. The van der Waals surface area contributed by atoms with Gasteiger partial charge in [-0.05, 0) is 37.8 Å². The minimum absolute atomic E-state index is 0.223. The second-order valence-corrected chi connectivity index (χ2v) is 8.65. The molecule has 2 aliphatic carbocycles. The monoisotopic (exact) mass is 347 g/mol. The van der Waals surface area contributed by atoms with Gasteiger partial charge in [0.25, 0.3) is 0 Å². The number of aliphatic hydroxyl groups excluding tert-OH is 1. The van der Waals surface area contributed by atoms with E-state index in [9.17, 15) is 5.11 Å². The van der Waals surface area contributed by atoms with E-state index in [2.05, 4.69) is 29.2 Å². The predicted molar refractivity (Wildman–Crippen MR) is 104 cm³/mol. The molecule has 1 atom stereocenters. The van der Waals surface area contributed by atoms with Crippen molar-refractivity contribution < 1.29 is 5.11 Å². The van der Waals surface area contributed by atoms with Crippen molar-refractivity contribution in [3.63, 3.8) is 0 Å². The van der Waals surface area contributed by atoms with Crippen LogP contribution in [-0.2, 0) is 0 Å². The van der Waals surface area contributed by atoms with Gasteiger partial charge < -0.3 is 5.11 Å². The minimum atomic E-state index is -0.223. The molecule has 24 heavy (non-hydrogen) atoms. The summed E-state index contributed by atoms with van der Waals surface area (Å²) in [6.07, 6.45) is 13.5. The van der Waals surface area contributed by atoms with Gasteiger partial charge in [0.1, 0.15) is 0 Å². The molecule has 1 unspecified atom stereocenters. The molecule has 2 saturated carbocycles. The van der Waals surface area contributed by atoms with Crippen LogP contribution in [0.25, 0.3) is 0 Å². The standard InChI is InChI=1S/C21H33NOS/c23-20(17-24-21-14-8-3-9-15-21)16-22(18-10-4-1-5-11-18)19-12-6-2-7-13-19/h3,8-9,14-15,18-20,23H,1-2,4-7,10-13,16-17H2. The molecule has 3 heteroatoms. The van der Waals surface area contributed by atoms with Crippen LogP contribution in [0.4, 0.5) is 0 Å². The first-order valence-corrected chi connectivity index (χ1v) is 10.9. The van der Waals surface area contributed by atoms with E-state index in [4.69, 9.17) is 0 Å². The van der Waals surface area contributed by atoms with Gasteiger partial charge in [0.2, 0.25) is 0 Å². The molecule has 2 fully saturated rings. The Morgan fingerprint density at radius 3 is 1.96 bits per heavy atom. The zero-order chi connectivity index (χ0) is 16.6. The highest BCUT2D eigenvalue weighted by Gasteiger charge is 2.30. The number of hydrogen-bond acceptors (Lipinski definition) is 3. The van der Waals surface area contributed by atoms with Crippen LogP contribution in [0.15, 0.2) is 35.2 Å². The van der Waals surface area contributed by atoms with Gasteiger partial charge in [-0.2, -0.15) is 0 Å². The zero-order valence-corrected chi connectivity index (χ0v) is 15.7. The lowest BCUT2D eigenvalue weighted by atomic mass is 9.88. The van der Waals surface area contributed by atoms with Crippen molar-refractivity contribution in [2.45, 2.75) is 87.3 Å². The average Bonchev–Trinajstić information content (AvgIpc) is 2.67. The molecule has 0 spiro atoms. The van der Waals surface area contributed by atoms with Gasteiger partial charge in [-0.25, -0.2) is 0 Å². The minimum Gasteiger partial charge on any atom is -0.391 e. The Hall–Kier alpha value is -0.510. The molecule has 1 aromatic carbocycles. The third-order valence-electron chi connectivity index (χ3n) is 5.69. The van der Waals surface area contributed by atoms with E-state index in [1.54, 1.807) is 11.8 Å². The fourth-order valence-electron chi connectivity index (χ4n) is 4.43. The molecule has 0 aliphatic heterocycles. The molecule has 0 amide bonds. The van der Waals surface area contributed by atoms with Crippen LogP contribution in [0.3, 0.4) is 0 Å². The maximum atomic E-state index is 10.7. The highest BCUT2D eigenvalue weighted by molar-refractivity contribution is 7.99. The van der Waals surface area contributed by atoms with Crippen LogP contribution >= 0.6 is 11.8 Å². The predicted octanol–water partition coefficient (Wildman–Crippen LogP) is 5.11. The normalized spacial score (nSPS) is 21.9. The molecule has 0 radical (unpaired) electrons. The Balaban J connectivity index is 1.55. The first kappa shape index (κ1) is 18.3. The summed E-state index contributed by atoms with van der Waals surface area (Å²) >= 11 is 1.79. The third kappa shape index (κ3) is 5.50. The summed E-state index contributed by atoms with van der Waals surface area (Å²) in [4.78, 5) is 3.98. The second kappa shape index (κ2) is 9.84. The lowest BCUT2D eigenvalue weighted by molar-refractivity contribution is 0.0370. The number of aliphatic hydroxyl groups is 1. The van der Waals surface area contributed by atoms with Gasteiger partial charge >= 0.3 is 0 Å². The molecule has 0 saturated heterocycles. The van der Waals surface area contributed by atoms with E-state index in [1.807, 2.05) is 6.07 Å². The van der Waals surface area contributed by atoms with Gasteiger partial charge in [0.05, 0.1) is 6.10 Å². The van der Waals surface area contributed by atoms with Crippen molar-refractivity contribution in [3.05, 3.63) is 30.3 Å². The van der Waals surface area contributed by atoms with E-state index < -0.39 is 0 Å². The molecule has 134 valence electrons. The molecule has 1 N–H and O–H groups in total. The molecule has 3 rings (SSSR count). The summed E-state index contributed by atoms with van der Waals surface area (Å²) < 4.78 is 0. The Bertz CT molecular complexity index is 436. The fourth-order valence-corrected chi connectivity index (χ4v) is 5.27. The Kier molecular flexibility index (Phi) is 7.50. The summed E-state index contributed by atoms with van der Waals surface area (Å²) in [5.41, 5.74) is 0. The van der Waals surface area contributed by atoms with Gasteiger partial charge in [0.15, 0.2) is 0 Å². The zero-order valence-electron chi connectivity index (χ0n) is 14.9. The van der Waals surface area contributed by atoms with Crippen molar-refractivity contribution in [2.75, 3.05) is 12.3 Å². The van der Waals surface area contributed by atoms with Gasteiger partial charge in [0, 0.05) is 29.3 Å². The van der Waals surface area contributed by atoms with Gasteiger partial charge in [-0.3, -0.25) is 4.90 Å². The van der Waals surface area contributed by atoms with E-state index in [-0.39, 0.29) is 6.10 Å². The largest absolute Gasteiger partial charge is 0.391 e. The summed E-state index contributed by atoms with van der Waals surface area (Å²) in [5, 5.41) is 10.7. The molecule has 1 aromatic rings. The summed E-state index contributed by atoms with van der Waals surface area (Å²) in [6.45, 7) is 0.870. The maximum Gasteiger partial charge on any atom is 0.0761 e. The van der Waals surface area contributed by atoms with E-state index >= 15 is 0 Å². The molecule has 0 aromatic heterocycles.